The van der Waals surface area contributed by atoms with Gasteiger partial charge in [0.25, 0.3) is 5.91 Å². The van der Waals surface area contributed by atoms with Crippen LogP contribution in [0.5, 0.6) is 5.75 Å². The molecule has 0 spiro atoms. The highest BCUT2D eigenvalue weighted by Gasteiger charge is 2.10. The highest BCUT2D eigenvalue weighted by atomic mass is 79.9. The van der Waals surface area contributed by atoms with Gasteiger partial charge < -0.3 is 15.2 Å². The molecule has 1 rings (SSSR count). The normalized spacial score (nSPS) is 12.3. The third-order valence-electron chi connectivity index (χ3n) is 2.53. The molecule has 1 atom stereocenters. The van der Waals surface area contributed by atoms with Crippen molar-refractivity contribution >= 4 is 21.8 Å². The van der Waals surface area contributed by atoms with Gasteiger partial charge in [-0.3, -0.25) is 4.79 Å². The molecule has 0 bridgehead atoms. The highest BCUT2D eigenvalue weighted by molar-refractivity contribution is 9.10. The van der Waals surface area contributed by atoms with Crippen LogP contribution < -0.4 is 10.1 Å². The third kappa shape index (κ3) is 6.34. The van der Waals surface area contributed by atoms with Gasteiger partial charge in [-0.25, -0.2) is 4.39 Å². The van der Waals surface area contributed by atoms with E-state index in [1.807, 2.05) is 13.8 Å². The maximum atomic E-state index is 13.4. The van der Waals surface area contributed by atoms with Crippen molar-refractivity contribution in [3.8, 4) is 5.75 Å². The van der Waals surface area contributed by atoms with Crippen molar-refractivity contribution in [1.82, 2.24) is 5.32 Å². The van der Waals surface area contributed by atoms with Crippen LogP contribution in [-0.4, -0.2) is 30.3 Å². The Balaban J connectivity index is 2.33. The lowest BCUT2D eigenvalue weighted by atomic mass is 10.1. The number of rotatable bonds is 7. The van der Waals surface area contributed by atoms with Gasteiger partial charge in [0, 0.05) is 11.0 Å². The zero-order valence-corrected chi connectivity index (χ0v) is 13.1. The minimum absolute atomic E-state index is 0.0195. The average molecular weight is 348 g/mol. The summed E-state index contributed by atoms with van der Waals surface area (Å²) in [5.41, 5.74) is 0. The van der Waals surface area contributed by atoms with E-state index >= 15 is 0 Å². The fourth-order valence-electron chi connectivity index (χ4n) is 1.65. The summed E-state index contributed by atoms with van der Waals surface area (Å²) in [5.74, 6) is -0.553. The van der Waals surface area contributed by atoms with Crippen molar-refractivity contribution in [2.45, 2.75) is 26.4 Å². The SMILES string of the molecule is CC(C)CC(O)CNC(=O)COc1ccc(Br)cc1F. The first-order valence-corrected chi connectivity index (χ1v) is 7.20. The molecule has 0 heterocycles. The number of hydrogen-bond donors (Lipinski definition) is 2. The molecular formula is C14H19BrFNO3. The molecule has 1 aromatic carbocycles. The summed E-state index contributed by atoms with van der Waals surface area (Å²) in [6.07, 6.45) is 0.0334. The van der Waals surface area contributed by atoms with Crippen LogP contribution in [0.15, 0.2) is 22.7 Å². The lowest BCUT2D eigenvalue weighted by molar-refractivity contribution is -0.123. The smallest absolute Gasteiger partial charge is 0.258 e. The first-order chi connectivity index (χ1) is 9.38. The van der Waals surface area contributed by atoms with Crippen LogP contribution in [0.4, 0.5) is 4.39 Å². The van der Waals surface area contributed by atoms with Crippen molar-refractivity contribution in [2.24, 2.45) is 5.92 Å². The van der Waals surface area contributed by atoms with Crippen molar-refractivity contribution in [1.29, 1.82) is 0 Å². The molecule has 2 N–H and O–H groups in total. The molecule has 1 unspecified atom stereocenters. The Kier molecular flexibility index (Phi) is 6.95. The van der Waals surface area contributed by atoms with E-state index in [1.165, 1.54) is 12.1 Å². The number of halogens is 2. The first-order valence-electron chi connectivity index (χ1n) is 6.41. The van der Waals surface area contributed by atoms with Gasteiger partial charge >= 0.3 is 0 Å². The molecule has 0 saturated carbocycles. The largest absolute Gasteiger partial charge is 0.481 e. The molecule has 1 aromatic rings. The topological polar surface area (TPSA) is 58.6 Å². The van der Waals surface area contributed by atoms with Crippen LogP contribution in [0, 0.1) is 11.7 Å². The minimum atomic E-state index is -0.580. The van der Waals surface area contributed by atoms with Gasteiger partial charge in [0.15, 0.2) is 18.2 Å². The molecule has 20 heavy (non-hydrogen) atoms. The van der Waals surface area contributed by atoms with Gasteiger partial charge in [-0.1, -0.05) is 29.8 Å². The molecule has 0 saturated heterocycles. The van der Waals surface area contributed by atoms with E-state index in [0.29, 0.717) is 16.8 Å². The number of aliphatic hydroxyl groups is 1. The summed E-state index contributed by atoms with van der Waals surface area (Å²) in [5, 5.41) is 12.2. The molecule has 1 amide bonds. The quantitative estimate of drug-likeness (QED) is 0.796. The van der Waals surface area contributed by atoms with Crippen LogP contribution in [-0.2, 0) is 4.79 Å². The first kappa shape index (κ1) is 16.9. The number of carbonyl (C=O) groups excluding carboxylic acids is 1. The van der Waals surface area contributed by atoms with E-state index in [0.717, 1.165) is 0 Å². The van der Waals surface area contributed by atoms with Crippen molar-refractivity contribution in [2.75, 3.05) is 13.2 Å². The van der Waals surface area contributed by atoms with Gasteiger partial charge in [0.2, 0.25) is 0 Å². The van der Waals surface area contributed by atoms with Crippen molar-refractivity contribution in [3.05, 3.63) is 28.5 Å². The predicted molar refractivity (Wildman–Crippen MR) is 78.1 cm³/mol. The number of ether oxygens (including phenoxy) is 1. The van der Waals surface area contributed by atoms with Crippen LogP contribution in [0.25, 0.3) is 0 Å². The Bertz CT molecular complexity index is 454. The highest BCUT2D eigenvalue weighted by Crippen LogP contribution is 2.21. The van der Waals surface area contributed by atoms with Crippen LogP contribution >= 0.6 is 15.9 Å². The molecule has 4 nitrogen and oxygen atoms in total. The number of carbonyl (C=O) groups is 1. The van der Waals surface area contributed by atoms with Crippen LogP contribution in [0.3, 0.4) is 0 Å². The number of nitrogens with one attached hydrogen (secondary N) is 1. The van der Waals surface area contributed by atoms with E-state index < -0.39 is 17.8 Å². The van der Waals surface area contributed by atoms with E-state index in [4.69, 9.17) is 4.74 Å². The second kappa shape index (κ2) is 8.21. The molecule has 0 aromatic heterocycles. The van der Waals surface area contributed by atoms with E-state index in [1.54, 1.807) is 6.07 Å². The Morgan fingerprint density at radius 2 is 2.20 bits per heavy atom. The standard InChI is InChI=1S/C14H19BrFNO3/c1-9(2)5-11(18)7-17-14(19)8-20-13-4-3-10(15)6-12(13)16/h3-4,6,9,11,18H,5,7-8H2,1-2H3,(H,17,19). The summed E-state index contributed by atoms with van der Waals surface area (Å²) in [6.45, 7) is 3.87. The fourth-order valence-corrected chi connectivity index (χ4v) is 1.98. The fraction of sp³-hybridized carbons (Fsp3) is 0.500. The number of aliphatic hydroxyl groups excluding tert-OH is 1. The number of amides is 1. The average Bonchev–Trinajstić information content (AvgIpc) is 2.34. The zero-order valence-electron chi connectivity index (χ0n) is 11.5. The second-order valence-electron chi connectivity index (χ2n) is 4.95. The molecule has 0 aliphatic rings. The molecular weight excluding hydrogens is 329 g/mol. The Hall–Kier alpha value is -1.14. The summed E-state index contributed by atoms with van der Waals surface area (Å²) in [6, 6.07) is 4.34. The molecule has 0 fully saturated rings. The summed E-state index contributed by atoms with van der Waals surface area (Å²) in [4.78, 5) is 11.5. The Labute approximate surface area is 126 Å². The molecule has 0 aliphatic carbocycles. The van der Waals surface area contributed by atoms with Gasteiger partial charge in [-0.2, -0.15) is 0 Å². The lowest BCUT2D eigenvalue weighted by Crippen LogP contribution is -2.35. The van der Waals surface area contributed by atoms with E-state index in [-0.39, 0.29) is 18.9 Å². The van der Waals surface area contributed by atoms with Gasteiger partial charge in [-0.15, -0.1) is 0 Å². The second-order valence-corrected chi connectivity index (χ2v) is 5.87. The zero-order chi connectivity index (χ0) is 15.1. The summed E-state index contributed by atoms with van der Waals surface area (Å²) in [7, 11) is 0. The van der Waals surface area contributed by atoms with Crippen molar-refractivity contribution in [3.63, 3.8) is 0 Å². The molecule has 6 heteroatoms. The summed E-state index contributed by atoms with van der Waals surface area (Å²) >= 11 is 3.13. The van der Waals surface area contributed by atoms with Gasteiger partial charge in [-0.05, 0) is 30.5 Å². The Morgan fingerprint density at radius 3 is 2.80 bits per heavy atom. The predicted octanol–water partition coefficient (Wildman–Crippen LogP) is 2.49. The molecule has 0 aliphatic heterocycles. The van der Waals surface area contributed by atoms with Gasteiger partial charge in [0.05, 0.1) is 6.10 Å². The van der Waals surface area contributed by atoms with E-state index in [2.05, 4.69) is 21.2 Å². The molecule has 112 valence electrons. The summed E-state index contributed by atoms with van der Waals surface area (Å²) < 4.78 is 19.1. The van der Waals surface area contributed by atoms with Crippen LogP contribution in [0.1, 0.15) is 20.3 Å². The number of benzene rings is 1. The van der Waals surface area contributed by atoms with Crippen molar-refractivity contribution < 1.29 is 19.0 Å². The number of hydrogen-bond acceptors (Lipinski definition) is 3. The van der Waals surface area contributed by atoms with Crippen LogP contribution in [0.2, 0.25) is 0 Å². The monoisotopic (exact) mass is 347 g/mol. The maximum Gasteiger partial charge on any atom is 0.258 e. The van der Waals surface area contributed by atoms with Gasteiger partial charge in [0.1, 0.15) is 0 Å². The van der Waals surface area contributed by atoms with E-state index in [9.17, 15) is 14.3 Å². The maximum absolute atomic E-state index is 13.4. The molecule has 0 radical (unpaired) electrons. The Morgan fingerprint density at radius 1 is 1.50 bits per heavy atom. The minimum Gasteiger partial charge on any atom is -0.481 e. The third-order valence-corrected chi connectivity index (χ3v) is 3.02. The lowest BCUT2D eigenvalue weighted by Gasteiger charge is -2.14.